The van der Waals surface area contributed by atoms with Gasteiger partial charge in [0.1, 0.15) is 0 Å². The lowest BCUT2D eigenvalue weighted by Gasteiger charge is -2.20. The van der Waals surface area contributed by atoms with Crippen LogP contribution in [0.3, 0.4) is 0 Å². The van der Waals surface area contributed by atoms with Crippen molar-refractivity contribution in [3.63, 3.8) is 0 Å². The normalized spacial score (nSPS) is 14.6. The summed E-state index contributed by atoms with van der Waals surface area (Å²) in [6.07, 6.45) is 2.16. The minimum absolute atomic E-state index is 0.0385. The number of nitrogens with one attached hydrogen (secondary N) is 1. The Morgan fingerprint density at radius 3 is 2.31 bits per heavy atom. The summed E-state index contributed by atoms with van der Waals surface area (Å²) in [4.78, 5) is 15.3. The molecule has 0 unspecified atom stereocenters. The van der Waals surface area contributed by atoms with Crippen molar-refractivity contribution in [1.29, 1.82) is 0 Å². The minimum atomic E-state index is -3.60. The molecular formula is C17H24N5O3P. The minimum Gasteiger partial charge on any atom is -0.341 e. The average molecular weight is 377 g/mol. The first-order valence-electron chi connectivity index (χ1n) is 8.87. The van der Waals surface area contributed by atoms with Crippen LogP contribution in [-0.2, 0) is 13.6 Å². The van der Waals surface area contributed by atoms with Crippen LogP contribution in [0.15, 0.2) is 30.3 Å². The number of anilines is 3. The zero-order valence-corrected chi connectivity index (χ0v) is 16.0. The standard InChI is InChI=1S/C17H24N5O3P/c1-3-24-26(23,25-4-2)17-20-15(18-14-10-6-5-7-11-14)19-16(21-17)22-12-8-9-13-22/h5-7,10-11H,3-4,8-9,12-13H2,1-2H3,(H,18,19,20,21). The lowest BCUT2D eigenvalue weighted by atomic mass is 10.3. The van der Waals surface area contributed by atoms with Crippen molar-refractivity contribution < 1.29 is 13.6 Å². The van der Waals surface area contributed by atoms with Gasteiger partial charge in [-0.25, -0.2) is 0 Å². The summed E-state index contributed by atoms with van der Waals surface area (Å²) in [6, 6.07) is 9.57. The van der Waals surface area contributed by atoms with Crippen LogP contribution in [0.1, 0.15) is 26.7 Å². The van der Waals surface area contributed by atoms with Crippen molar-refractivity contribution in [1.82, 2.24) is 15.0 Å². The lowest BCUT2D eigenvalue weighted by Crippen LogP contribution is -2.27. The van der Waals surface area contributed by atoms with E-state index >= 15 is 0 Å². The topological polar surface area (TPSA) is 89.5 Å². The molecule has 1 aliphatic rings. The highest BCUT2D eigenvalue weighted by molar-refractivity contribution is 7.61. The van der Waals surface area contributed by atoms with Gasteiger partial charge in [0.2, 0.25) is 17.5 Å². The maximum Gasteiger partial charge on any atom is 0.398 e. The number of nitrogens with zero attached hydrogens (tertiary/aromatic N) is 4. The molecule has 0 saturated carbocycles. The quantitative estimate of drug-likeness (QED) is 0.702. The predicted molar refractivity (Wildman–Crippen MR) is 101 cm³/mol. The Balaban J connectivity index is 2.00. The van der Waals surface area contributed by atoms with Gasteiger partial charge in [-0.05, 0) is 38.8 Å². The van der Waals surface area contributed by atoms with Crippen LogP contribution in [-0.4, -0.2) is 41.3 Å². The van der Waals surface area contributed by atoms with Crippen LogP contribution in [0.4, 0.5) is 17.6 Å². The fourth-order valence-corrected chi connectivity index (χ4v) is 4.15. The second-order valence-electron chi connectivity index (χ2n) is 5.78. The highest BCUT2D eigenvalue weighted by Crippen LogP contribution is 2.45. The van der Waals surface area contributed by atoms with Gasteiger partial charge < -0.3 is 19.3 Å². The summed E-state index contributed by atoms with van der Waals surface area (Å²) in [7, 11) is -3.60. The van der Waals surface area contributed by atoms with E-state index in [1.165, 1.54) is 0 Å². The van der Waals surface area contributed by atoms with E-state index < -0.39 is 7.60 Å². The van der Waals surface area contributed by atoms with Gasteiger partial charge in [-0.3, -0.25) is 4.57 Å². The van der Waals surface area contributed by atoms with E-state index in [0.29, 0.717) is 11.9 Å². The molecule has 3 rings (SSSR count). The number of para-hydroxylation sites is 1. The fraction of sp³-hybridized carbons (Fsp3) is 0.471. The molecule has 1 aromatic heterocycles. The number of rotatable bonds is 8. The Morgan fingerprint density at radius 2 is 1.69 bits per heavy atom. The van der Waals surface area contributed by atoms with Crippen LogP contribution in [0.2, 0.25) is 0 Å². The third-order valence-corrected chi connectivity index (χ3v) is 5.76. The number of benzene rings is 1. The fourth-order valence-electron chi connectivity index (χ4n) is 2.73. The first-order chi connectivity index (χ1) is 12.6. The molecule has 26 heavy (non-hydrogen) atoms. The molecule has 0 aliphatic carbocycles. The van der Waals surface area contributed by atoms with Gasteiger partial charge in [-0.1, -0.05) is 18.2 Å². The second-order valence-corrected chi connectivity index (χ2v) is 7.69. The third-order valence-electron chi connectivity index (χ3n) is 3.87. The van der Waals surface area contributed by atoms with E-state index in [-0.39, 0.29) is 18.8 Å². The van der Waals surface area contributed by atoms with Gasteiger partial charge in [0, 0.05) is 18.8 Å². The SMILES string of the molecule is CCOP(=O)(OCC)c1nc(Nc2ccccc2)nc(N2CCCC2)n1. The molecule has 1 N–H and O–H groups in total. The second kappa shape index (κ2) is 8.58. The van der Waals surface area contributed by atoms with Gasteiger partial charge in [0.25, 0.3) is 0 Å². The van der Waals surface area contributed by atoms with Crippen molar-refractivity contribution in [2.45, 2.75) is 26.7 Å². The predicted octanol–water partition coefficient (Wildman–Crippen LogP) is 3.11. The van der Waals surface area contributed by atoms with E-state index in [0.717, 1.165) is 31.6 Å². The van der Waals surface area contributed by atoms with Gasteiger partial charge in [-0.15, -0.1) is 0 Å². The number of hydrogen-bond donors (Lipinski definition) is 1. The summed E-state index contributed by atoms with van der Waals surface area (Å²) in [6.45, 7) is 5.73. The highest BCUT2D eigenvalue weighted by Gasteiger charge is 2.33. The molecule has 9 heteroatoms. The Hall–Kier alpha value is -2.02. The molecule has 1 aromatic carbocycles. The largest absolute Gasteiger partial charge is 0.398 e. The molecule has 1 fully saturated rings. The molecule has 0 bridgehead atoms. The number of hydrogen-bond acceptors (Lipinski definition) is 8. The van der Waals surface area contributed by atoms with Gasteiger partial charge >= 0.3 is 7.60 Å². The summed E-state index contributed by atoms with van der Waals surface area (Å²) in [5.74, 6) is 0.813. The average Bonchev–Trinajstić information content (AvgIpc) is 3.17. The van der Waals surface area contributed by atoms with E-state index in [4.69, 9.17) is 9.05 Å². The lowest BCUT2D eigenvalue weighted by molar-refractivity contribution is 0.228. The molecule has 8 nitrogen and oxygen atoms in total. The Morgan fingerprint density at radius 1 is 1.04 bits per heavy atom. The highest BCUT2D eigenvalue weighted by atomic mass is 31.2. The van der Waals surface area contributed by atoms with Crippen LogP contribution in [0.5, 0.6) is 0 Å². The van der Waals surface area contributed by atoms with Crippen molar-refractivity contribution in [3.8, 4) is 0 Å². The van der Waals surface area contributed by atoms with Crippen molar-refractivity contribution in [2.75, 3.05) is 36.5 Å². The summed E-state index contributed by atoms with van der Waals surface area (Å²) in [5.41, 5.74) is 0.871. The maximum absolute atomic E-state index is 13.1. The summed E-state index contributed by atoms with van der Waals surface area (Å²) < 4.78 is 24.0. The van der Waals surface area contributed by atoms with Crippen molar-refractivity contribution in [2.24, 2.45) is 0 Å². The Bertz CT molecular complexity index is 758. The van der Waals surface area contributed by atoms with Gasteiger partial charge in [0.05, 0.1) is 13.2 Å². The Kier molecular flexibility index (Phi) is 6.19. The summed E-state index contributed by atoms with van der Waals surface area (Å²) >= 11 is 0. The summed E-state index contributed by atoms with van der Waals surface area (Å²) in [5, 5.41) is 3.14. The van der Waals surface area contributed by atoms with Crippen LogP contribution in [0.25, 0.3) is 0 Å². The maximum atomic E-state index is 13.1. The molecule has 140 valence electrons. The van der Waals surface area contributed by atoms with Gasteiger partial charge in [0.15, 0.2) is 0 Å². The van der Waals surface area contributed by atoms with Crippen molar-refractivity contribution in [3.05, 3.63) is 30.3 Å². The van der Waals surface area contributed by atoms with E-state index in [2.05, 4.69) is 25.2 Å². The molecule has 0 atom stereocenters. The Labute approximate surface area is 153 Å². The smallest absolute Gasteiger partial charge is 0.341 e. The third kappa shape index (κ3) is 4.38. The first-order valence-corrected chi connectivity index (χ1v) is 10.4. The molecule has 0 spiro atoms. The van der Waals surface area contributed by atoms with Gasteiger partial charge in [-0.2, -0.15) is 15.0 Å². The zero-order chi connectivity index (χ0) is 18.4. The number of aromatic nitrogens is 3. The molecule has 1 saturated heterocycles. The van der Waals surface area contributed by atoms with E-state index in [1.807, 2.05) is 30.3 Å². The molecular weight excluding hydrogens is 353 g/mol. The molecule has 0 amide bonds. The monoisotopic (exact) mass is 377 g/mol. The van der Waals surface area contributed by atoms with E-state index in [9.17, 15) is 4.57 Å². The molecule has 2 aromatic rings. The zero-order valence-electron chi connectivity index (χ0n) is 15.1. The molecule has 1 aliphatic heterocycles. The van der Waals surface area contributed by atoms with Crippen molar-refractivity contribution >= 4 is 30.7 Å². The van der Waals surface area contributed by atoms with Crippen LogP contribution in [0, 0.1) is 0 Å². The molecule has 2 heterocycles. The van der Waals surface area contributed by atoms with Crippen LogP contribution < -0.4 is 15.8 Å². The molecule has 0 radical (unpaired) electrons. The van der Waals surface area contributed by atoms with E-state index in [1.54, 1.807) is 13.8 Å². The first kappa shape index (κ1) is 18.8. The van der Waals surface area contributed by atoms with Crippen LogP contribution >= 0.6 is 7.60 Å².